The molecular weight excluding hydrogens is 285 g/mol. The fourth-order valence-electron chi connectivity index (χ4n) is 1.74. The van der Waals surface area contributed by atoms with E-state index in [9.17, 15) is 12.8 Å². The summed E-state index contributed by atoms with van der Waals surface area (Å²) in [6.07, 6.45) is 1.58. The van der Waals surface area contributed by atoms with Gasteiger partial charge in [0, 0.05) is 24.9 Å². The van der Waals surface area contributed by atoms with Crippen molar-refractivity contribution in [1.29, 1.82) is 0 Å². The van der Waals surface area contributed by atoms with Gasteiger partial charge in [0.15, 0.2) is 5.82 Å². The van der Waals surface area contributed by atoms with Crippen molar-refractivity contribution in [1.82, 2.24) is 9.78 Å². The molecule has 1 aromatic heterocycles. The molecule has 0 atom stereocenters. The first-order valence-corrected chi connectivity index (χ1v) is 7.24. The second kappa shape index (κ2) is 5.22. The molecule has 0 radical (unpaired) electrons. The van der Waals surface area contributed by atoms with Gasteiger partial charge in [0.2, 0.25) is 0 Å². The molecule has 1 heterocycles. The Bertz CT molecular complexity index is 740. The number of anilines is 1. The lowest BCUT2D eigenvalue weighted by Crippen LogP contribution is -2.16. The Kier molecular flexibility index (Phi) is 3.78. The molecule has 0 aliphatic heterocycles. The average Bonchev–Trinajstić information content (AvgIpc) is 2.76. The van der Waals surface area contributed by atoms with E-state index in [1.807, 2.05) is 0 Å². The van der Waals surface area contributed by atoms with Crippen LogP contribution >= 0.6 is 0 Å². The molecular formula is C12H14FN3O3S. The number of hydrogen-bond acceptors (Lipinski definition) is 4. The molecule has 8 heteroatoms. The Balaban J connectivity index is 2.46. The first kappa shape index (κ1) is 14.5. The lowest BCUT2D eigenvalue weighted by atomic mass is 10.1. The summed E-state index contributed by atoms with van der Waals surface area (Å²) in [5, 5.41) is 12.9. The molecule has 0 fully saturated rings. The monoisotopic (exact) mass is 299 g/mol. The van der Waals surface area contributed by atoms with Crippen LogP contribution in [-0.2, 0) is 23.7 Å². The molecule has 0 unspecified atom stereocenters. The molecule has 0 bridgehead atoms. The third-order valence-electron chi connectivity index (χ3n) is 2.78. The van der Waals surface area contributed by atoms with Gasteiger partial charge >= 0.3 is 0 Å². The van der Waals surface area contributed by atoms with E-state index in [1.54, 1.807) is 13.2 Å². The Morgan fingerprint density at radius 1 is 1.45 bits per heavy atom. The highest BCUT2D eigenvalue weighted by molar-refractivity contribution is 7.92. The van der Waals surface area contributed by atoms with Gasteiger partial charge in [0.05, 0.1) is 11.5 Å². The summed E-state index contributed by atoms with van der Waals surface area (Å²) >= 11 is 0. The first-order chi connectivity index (χ1) is 9.33. The molecule has 6 nitrogen and oxygen atoms in total. The summed E-state index contributed by atoms with van der Waals surface area (Å²) in [6, 6.07) is 3.83. The number of halogens is 1. The summed E-state index contributed by atoms with van der Waals surface area (Å²) in [4.78, 5) is -0.216. The van der Waals surface area contributed by atoms with Gasteiger partial charge in [0.1, 0.15) is 5.82 Å². The van der Waals surface area contributed by atoms with Crippen molar-refractivity contribution in [3.63, 3.8) is 0 Å². The highest BCUT2D eigenvalue weighted by Crippen LogP contribution is 2.22. The fourth-order valence-corrected chi connectivity index (χ4v) is 3.04. The highest BCUT2D eigenvalue weighted by atomic mass is 32.2. The Hall–Kier alpha value is -1.93. The number of rotatable bonds is 4. The van der Waals surface area contributed by atoms with Crippen LogP contribution in [0.2, 0.25) is 0 Å². The zero-order chi connectivity index (χ0) is 14.9. The van der Waals surface area contributed by atoms with Crippen molar-refractivity contribution in [2.75, 3.05) is 4.72 Å². The van der Waals surface area contributed by atoms with Gasteiger partial charge in [-0.05, 0) is 24.6 Å². The fraction of sp³-hybridized carbons (Fsp3) is 0.250. The largest absolute Gasteiger partial charge is 0.392 e. The topological polar surface area (TPSA) is 84.2 Å². The Morgan fingerprint density at radius 2 is 2.15 bits per heavy atom. The van der Waals surface area contributed by atoms with Gasteiger partial charge < -0.3 is 5.11 Å². The minimum atomic E-state index is -3.96. The predicted molar refractivity (Wildman–Crippen MR) is 71.1 cm³/mol. The Labute approximate surface area is 115 Å². The molecule has 0 saturated carbocycles. The van der Waals surface area contributed by atoms with E-state index in [0.29, 0.717) is 0 Å². The van der Waals surface area contributed by atoms with Crippen LogP contribution in [0.4, 0.5) is 10.2 Å². The summed E-state index contributed by atoms with van der Waals surface area (Å²) in [5.74, 6) is -0.542. The van der Waals surface area contributed by atoms with Crippen LogP contribution in [-0.4, -0.2) is 23.3 Å². The van der Waals surface area contributed by atoms with Gasteiger partial charge in [-0.15, -0.1) is 0 Å². The summed E-state index contributed by atoms with van der Waals surface area (Å²) in [5.41, 5.74) is 0.181. The number of aliphatic hydroxyl groups excluding tert-OH is 1. The molecule has 20 heavy (non-hydrogen) atoms. The second-order valence-corrected chi connectivity index (χ2v) is 5.99. The smallest absolute Gasteiger partial charge is 0.263 e. The van der Waals surface area contributed by atoms with Crippen molar-refractivity contribution in [3.05, 3.63) is 41.3 Å². The average molecular weight is 299 g/mol. The molecule has 2 aromatic rings. The van der Waals surface area contributed by atoms with Crippen molar-refractivity contribution >= 4 is 15.8 Å². The van der Waals surface area contributed by atoms with Crippen LogP contribution in [0.3, 0.4) is 0 Å². The van der Waals surface area contributed by atoms with Crippen LogP contribution in [0.5, 0.6) is 0 Å². The maximum atomic E-state index is 13.7. The zero-order valence-corrected chi connectivity index (χ0v) is 11.8. The van der Waals surface area contributed by atoms with E-state index in [0.717, 1.165) is 6.07 Å². The van der Waals surface area contributed by atoms with E-state index in [1.165, 1.54) is 23.7 Å². The molecule has 0 aliphatic rings. The SMILES string of the molecule is Cc1c(F)cc(CO)cc1S(=O)(=O)Nc1ccn(C)n1. The lowest BCUT2D eigenvalue weighted by molar-refractivity contribution is 0.281. The van der Waals surface area contributed by atoms with Gasteiger partial charge in [0.25, 0.3) is 10.0 Å². The first-order valence-electron chi connectivity index (χ1n) is 5.76. The van der Waals surface area contributed by atoms with Crippen LogP contribution in [0.25, 0.3) is 0 Å². The summed E-state index contributed by atoms with van der Waals surface area (Å²) in [6.45, 7) is 0.923. The van der Waals surface area contributed by atoms with E-state index >= 15 is 0 Å². The predicted octanol–water partition coefficient (Wildman–Crippen LogP) is 1.16. The van der Waals surface area contributed by atoms with Crippen LogP contribution < -0.4 is 4.72 Å². The normalized spacial score (nSPS) is 11.6. The van der Waals surface area contributed by atoms with Gasteiger partial charge in [-0.1, -0.05) is 0 Å². The molecule has 0 saturated heterocycles. The van der Waals surface area contributed by atoms with Crippen LogP contribution in [0.15, 0.2) is 29.3 Å². The van der Waals surface area contributed by atoms with E-state index < -0.39 is 22.4 Å². The molecule has 0 spiro atoms. The number of nitrogens with one attached hydrogen (secondary N) is 1. The zero-order valence-electron chi connectivity index (χ0n) is 11.0. The Morgan fingerprint density at radius 3 is 2.70 bits per heavy atom. The van der Waals surface area contributed by atoms with Gasteiger partial charge in [-0.25, -0.2) is 12.8 Å². The molecule has 108 valence electrons. The number of aromatic nitrogens is 2. The summed E-state index contributed by atoms with van der Waals surface area (Å²) < 4.78 is 41.9. The standard InChI is InChI=1S/C12H14FN3O3S/c1-8-10(13)5-9(7-17)6-11(8)20(18,19)15-12-3-4-16(2)14-12/h3-6,17H,7H2,1-2H3,(H,14,15). The number of aliphatic hydroxyl groups is 1. The van der Waals surface area contributed by atoms with Crippen molar-refractivity contribution in [2.45, 2.75) is 18.4 Å². The van der Waals surface area contributed by atoms with Crippen molar-refractivity contribution in [3.8, 4) is 0 Å². The maximum Gasteiger partial charge on any atom is 0.263 e. The number of benzene rings is 1. The number of aryl methyl sites for hydroxylation is 1. The molecule has 2 rings (SSSR count). The molecule has 0 aliphatic carbocycles. The molecule has 2 N–H and O–H groups in total. The summed E-state index contributed by atoms with van der Waals surface area (Å²) in [7, 11) is -2.31. The van der Waals surface area contributed by atoms with E-state index in [4.69, 9.17) is 5.11 Å². The van der Waals surface area contributed by atoms with Crippen molar-refractivity contribution < 1.29 is 17.9 Å². The third kappa shape index (κ3) is 2.81. The lowest BCUT2D eigenvalue weighted by Gasteiger charge is -2.10. The number of nitrogens with zero attached hydrogens (tertiary/aromatic N) is 2. The van der Waals surface area contributed by atoms with E-state index in [2.05, 4.69) is 9.82 Å². The van der Waals surface area contributed by atoms with Crippen molar-refractivity contribution in [2.24, 2.45) is 7.05 Å². The van der Waals surface area contributed by atoms with Crippen LogP contribution in [0.1, 0.15) is 11.1 Å². The minimum Gasteiger partial charge on any atom is -0.392 e. The number of sulfonamides is 1. The third-order valence-corrected chi connectivity index (χ3v) is 4.26. The molecule has 1 aromatic carbocycles. The number of hydrogen-bond donors (Lipinski definition) is 2. The second-order valence-electron chi connectivity index (χ2n) is 4.34. The van der Waals surface area contributed by atoms with E-state index in [-0.39, 0.29) is 21.8 Å². The van der Waals surface area contributed by atoms with Gasteiger partial charge in [-0.3, -0.25) is 9.40 Å². The van der Waals surface area contributed by atoms with Gasteiger partial charge in [-0.2, -0.15) is 5.10 Å². The quantitative estimate of drug-likeness (QED) is 0.887. The van der Waals surface area contributed by atoms with Crippen LogP contribution in [0, 0.1) is 12.7 Å². The minimum absolute atomic E-state index is 0.00867. The highest BCUT2D eigenvalue weighted by Gasteiger charge is 2.21. The molecule has 0 amide bonds. The maximum absolute atomic E-state index is 13.7.